The summed E-state index contributed by atoms with van der Waals surface area (Å²) in [5, 5.41) is 1.57. The van der Waals surface area contributed by atoms with Gasteiger partial charge in [-0.25, -0.2) is 0 Å². The molecule has 62 valence electrons. The second-order valence-electron chi connectivity index (χ2n) is 2.88. The lowest BCUT2D eigenvalue weighted by Crippen LogP contribution is -1.75. The van der Waals surface area contributed by atoms with E-state index in [-0.39, 0.29) is 0 Å². The molecule has 0 saturated heterocycles. The molecule has 0 radical (unpaired) electrons. The summed E-state index contributed by atoms with van der Waals surface area (Å²) < 4.78 is 0. The third-order valence-electron chi connectivity index (χ3n) is 1.82. The van der Waals surface area contributed by atoms with E-state index in [9.17, 15) is 0 Å². The Bertz CT molecular complexity index is 346. The van der Waals surface area contributed by atoms with Gasteiger partial charge in [0, 0.05) is 16.2 Å². The molecule has 0 bridgehead atoms. The molecule has 0 aliphatic heterocycles. The summed E-state index contributed by atoms with van der Waals surface area (Å²) in [6, 6.07) is 8.84. The fourth-order valence-corrected chi connectivity index (χ4v) is 3.18. The van der Waals surface area contributed by atoms with Crippen molar-refractivity contribution in [2.45, 2.75) is 13.3 Å². The Hall–Kier alpha value is -0.520. The maximum atomic E-state index is 2.25. The van der Waals surface area contributed by atoms with Crippen molar-refractivity contribution < 1.29 is 0 Å². The maximum absolute atomic E-state index is 2.25. The Morgan fingerprint density at radius 1 is 1.33 bits per heavy atom. The minimum atomic E-state index is 0.922. The first-order valence-electron chi connectivity index (χ1n) is 4.02. The highest BCUT2D eigenvalue weighted by molar-refractivity contribution is 7.30. The van der Waals surface area contributed by atoms with Gasteiger partial charge in [0.2, 0.25) is 0 Å². The Balaban J connectivity index is 2.14. The molecule has 0 saturated carbocycles. The van der Waals surface area contributed by atoms with Gasteiger partial charge >= 0.3 is 0 Å². The second-order valence-corrected chi connectivity index (χ2v) is 5.52. The maximum Gasteiger partial charge on any atom is 0.0104 e. The van der Waals surface area contributed by atoms with Gasteiger partial charge in [-0.2, -0.15) is 0 Å². The van der Waals surface area contributed by atoms with Crippen LogP contribution in [0.5, 0.6) is 0 Å². The summed E-state index contributed by atoms with van der Waals surface area (Å²) in [6.45, 7) is 2.16. The number of rotatable bonds is 2. The first-order valence-corrected chi connectivity index (χ1v) is 5.91. The average Bonchev–Trinajstić information content (AvgIpc) is 2.63. The van der Waals surface area contributed by atoms with E-state index < -0.39 is 0 Å². The van der Waals surface area contributed by atoms with Gasteiger partial charge in [-0.15, -0.1) is 19.5 Å². The number of thiophene rings is 1. The second kappa shape index (κ2) is 3.47. The van der Waals surface area contributed by atoms with E-state index in [2.05, 4.69) is 37.0 Å². The van der Waals surface area contributed by atoms with Crippen LogP contribution >= 0.6 is 19.5 Å². The normalized spacial score (nSPS) is 11.1. The highest BCUT2D eigenvalue weighted by Crippen LogP contribution is 2.23. The molecule has 0 aliphatic rings. The minimum absolute atomic E-state index is 0.922. The Kier molecular flexibility index (Phi) is 2.34. The zero-order valence-electron chi connectivity index (χ0n) is 7.00. The van der Waals surface area contributed by atoms with E-state index >= 15 is 0 Å². The predicted molar refractivity (Wildman–Crippen MR) is 57.8 cm³/mol. The van der Waals surface area contributed by atoms with Crippen LogP contribution in [0.25, 0.3) is 0 Å². The molecule has 2 rings (SSSR count). The highest BCUT2D eigenvalue weighted by Gasteiger charge is 1.97. The van der Waals surface area contributed by atoms with Crippen LogP contribution in [-0.2, 0) is 6.42 Å². The molecule has 0 fully saturated rings. The smallest absolute Gasteiger partial charge is 0.0104 e. The van der Waals surface area contributed by atoms with Crippen LogP contribution in [0.15, 0.2) is 30.1 Å². The number of aryl methyl sites for hydroxylation is 1. The molecule has 2 heteroatoms. The van der Waals surface area contributed by atoms with Crippen LogP contribution in [0.4, 0.5) is 0 Å². The van der Waals surface area contributed by atoms with Crippen molar-refractivity contribution >= 4 is 19.5 Å². The van der Waals surface area contributed by atoms with Crippen molar-refractivity contribution in [3.63, 3.8) is 0 Å². The van der Waals surface area contributed by atoms with E-state index in [0.29, 0.717) is 0 Å². The van der Waals surface area contributed by atoms with Crippen LogP contribution in [0.1, 0.15) is 15.0 Å². The third kappa shape index (κ3) is 1.80. The van der Waals surface area contributed by atoms with Crippen molar-refractivity contribution in [2.24, 2.45) is 0 Å². The molecule has 2 aromatic rings. The fourth-order valence-electron chi connectivity index (χ4n) is 1.25. The van der Waals surface area contributed by atoms with Crippen LogP contribution in [-0.4, -0.2) is 0 Å². The van der Waals surface area contributed by atoms with Crippen molar-refractivity contribution in [1.82, 2.24) is 0 Å². The third-order valence-corrected chi connectivity index (χ3v) is 3.90. The van der Waals surface area contributed by atoms with Gasteiger partial charge in [-0.05, 0) is 30.1 Å². The monoisotopic (exact) mass is 194 g/mol. The SMILES string of the molecule is Cc1ccc(Cc2ccc[pH]2)s1. The van der Waals surface area contributed by atoms with E-state index in [1.807, 2.05) is 11.3 Å². The van der Waals surface area contributed by atoms with E-state index in [4.69, 9.17) is 0 Å². The quantitative estimate of drug-likeness (QED) is 0.684. The van der Waals surface area contributed by atoms with Crippen molar-refractivity contribution in [3.8, 4) is 0 Å². The molecule has 0 nitrogen and oxygen atoms in total. The van der Waals surface area contributed by atoms with Gasteiger partial charge in [0.15, 0.2) is 0 Å². The molecule has 12 heavy (non-hydrogen) atoms. The standard InChI is InChI=1S/C10H11PS/c1-8-4-5-10(12-8)7-9-3-2-6-11-9/h2-6,11H,7H2,1H3. The van der Waals surface area contributed by atoms with Crippen molar-refractivity contribution in [3.05, 3.63) is 45.1 Å². The number of hydrogen-bond acceptors (Lipinski definition) is 1. The van der Waals surface area contributed by atoms with E-state index in [1.165, 1.54) is 9.75 Å². The summed E-state index contributed by atoms with van der Waals surface area (Å²) in [7, 11) is 0.922. The molecule has 2 heterocycles. The Morgan fingerprint density at radius 2 is 2.25 bits per heavy atom. The van der Waals surface area contributed by atoms with Crippen LogP contribution in [0.2, 0.25) is 0 Å². The molecule has 1 atom stereocenters. The molecule has 0 N–H and O–H groups in total. The summed E-state index contributed by atoms with van der Waals surface area (Å²) in [4.78, 5) is 2.91. The lowest BCUT2D eigenvalue weighted by atomic mass is 10.3. The van der Waals surface area contributed by atoms with E-state index in [0.717, 1.165) is 14.6 Å². The summed E-state index contributed by atoms with van der Waals surface area (Å²) >= 11 is 1.91. The van der Waals surface area contributed by atoms with E-state index in [1.54, 1.807) is 5.30 Å². The summed E-state index contributed by atoms with van der Waals surface area (Å²) in [5.74, 6) is 2.25. The molecular weight excluding hydrogens is 183 g/mol. The molecular formula is C10H11PS. The van der Waals surface area contributed by atoms with Crippen LogP contribution < -0.4 is 0 Å². The summed E-state index contributed by atoms with van der Waals surface area (Å²) in [5.41, 5.74) is 0. The van der Waals surface area contributed by atoms with Gasteiger partial charge in [0.05, 0.1) is 0 Å². The molecule has 0 aliphatic carbocycles. The predicted octanol–water partition coefficient (Wildman–Crippen LogP) is 3.68. The molecule has 1 unspecified atom stereocenters. The van der Waals surface area contributed by atoms with Gasteiger partial charge < -0.3 is 0 Å². The van der Waals surface area contributed by atoms with Gasteiger partial charge in [-0.1, -0.05) is 12.1 Å². The van der Waals surface area contributed by atoms with Crippen molar-refractivity contribution in [1.29, 1.82) is 0 Å². The fraction of sp³-hybridized carbons (Fsp3) is 0.200. The molecule has 0 amide bonds. The van der Waals surface area contributed by atoms with Gasteiger partial charge in [-0.3, -0.25) is 0 Å². The minimum Gasteiger partial charge on any atom is -0.145 e. The van der Waals surface area contributed by atoms with Crippen LogP contribution in [0.3, 0.4) is 0 Å². The summed E-state index contributed by atoms with van der Waals surface area (Å²) in [6.07, 6.45) is 1.16. The van der Waals surface area contributed by atoms with Crippen molar-refractivity contribution in [2.75, 3.05) is 0 Å². The molecule has 0 aromatic carbocycles. The topological polar surface area (TPSA) is 0 Å². The molecule has 0 spiro atoms. The first-order chi connectivity index (χ1) is 5.84. The van der Waals surface area contributed by atoms with Gasteiger partial charge in [0.25, 0.3) is 0 Å². The van der Waals surface area contributed by atoms with Gasteiger partial charge in [0.1, 0.15) is 0 Å². The lowest BCUT2D eigenvalue weighted by molar-refractivity contribution is 1.31. The largest absolute Gasteiger partial charge is 0.145 e. The Morgan fingerprint density at radius 3 is 2.83 bits per heavy atom. The lowest BCUT2D eigenvalue weighted by Gasteiger charge is -1.91. The first kappa shape index (κ1) is 8.10. The Labute approximate surface area is 78.3 Å². The average molecular weight is 194 g/mol. The highest BCUT2D eigenvalue weighted by atomic mass is 32.1. The van der Waals surface area contributed by atoms with Crippen LogP contribution in [0, 0.1) is 6.92 Å². The zero-order chi connectivity index (χ0) is 8.39. The zero-order valence-corrected chi connectivity index (χ0v) is 8.82. The number of hydrogen-bond donors (Lipinski definition) is 0. The molecule has 2 aromatic heterocycles.